The van der Waals surface area contributed by atoms with Gasteiger partial charge in [0.15, 0.2) is 0 Å². The van der Waals surface area contributed by atoms with E-state index >= 15 is 0 Å². The SMILES string of the molecule is Cc1ccccc1CCC(O)C1CCC1. The van der Waals surface area contributed by atoms with Gasteiger partial charge in [-0.2, -0.15) is 0 Å². The molecule has 0 bridgehead atoms. The van der Waals surface area contributed by atoms with Gasteiger partial charge in [0.25, 0.3) is 0 Å². The fourth-order valence-electron chi connectivity index (χ4n) is 2.25. The maximum Gasteiger partial charge on any atom is 0.0571 e. The average molecular weight is 204 g/mol. The summed E-state index contributed by atoms with van der Waals surface area (Å²) < 4.78 is 0. The summed E-state index contributed by atoms with van der Waals surface area (Å²) >= 11 is 0. The van der Waals surface area contributed by atoms with E-state index in [1.54, 1.807) is 0 Å². The average Bonchev–Trinajstić information content (AvgIpc) is 2.14. The molecule has 1 N–H and O–H groups in total. The van der Waals surface area contributed by atoms with Crippen LogP contribution in [-0.4, -0.2) is 11.2 Å². The summed E-state index contributed by atoms with van der Waals surface area (Å²) in [6.07, 6.45) is 5.65. The fourth-order valence-corrected chi connectivity index (χ4v) is 2.25. The standard InChI is InChI=1S/C14H20O/c1-11-5-2-3-6-12(11)9-10-14(15)13-7-4-8-13/h2-3,5-6,13-15H,4,7-10H2,1H3. The Morgan fingerprint density at radius 2 is 2.07 bits per heavy atom. The third-order valence-corrected chi connectivity index (χ3v) is 3.66. The van der Waals surface area contributed by atoms with Crippen molar-refractivity contribution in [3.8, 4) is 0 Å². The lowest BCUT2D eigenvalue weighted by molar-refractivity contribution is 0.0560. The molecule has 1 nitrogen and oxygen atoms in total. The molecule has 1 aliphatic rings. The summed E-state index contributed by atoms with van der Waals surface area (Å²) in [4.78, 5) is 0. The highest BCUT2D eigenvalue weighted by atomic mass is 16.3. The van der Waals surface area contributed by atoms with Gasteiger partial charge < -0.3 is 5.11 Å². The number of aliphatic hydroxyl groups is 1. The second-order valence-electron chi connectivity index (χ2n) is 4.72. The number of benzene rings is 1. The van der Waals surface area contributed by atoms with E-state index in [0.29, 0.717) is 5.92 Å². The molecule has 15 heavy (non-hydrogen) atoms. The Morgan fingerprint density at radius 1 is 1.33 bits per heavy atom. The minimum atomic E-state index is -0.0710. The van der Waals surface area contributed by atoms with Crippen LogP contribution >= 0.6 is 0 Å². The van der Waals surface area contributed by atoms with Gasteiger partial charge >= 0.3 is 0 Å². The predicted octanol–water partition coefficient (Wildman–Crippen LogP) is 3.09. The molecule has 0 amide bonds. The molecule has 2 rings (SSSR count). The first kappa shape index (κ1) is 10.7. The van der Waals surface area contributed by atoms with Crippen LogP contribution in [0.1, 0.15) is 36.8 Å². The number of aliphatic hydroxyl groups excluding tert-OH is 1. The van der Waals surface area contributed by atoms with Crippen molar-refractivity contribution in [2.45, 2.75) is 45.1 Å². The highest BCUT2D eigenvalue weighted by Gasteiger charge is 2.24. The summed E-state index contributed by atoms with van der Waals surface area (Å²) in [6.45, 7) is 2.14. The Labute approximate surface area is 92.1 Å². The Morgan fingerprint density at radius 3 is 2.67 bits per heavy atom. The van der Waals surface area contributed by atoms with Gasteiger partial charge in [0.05, 0.1) is 6.10 Å². The summed E-state index contributed by atoms with van der Waals surface area (Å²) in [5.41, 5.74) is 2.73. The normalized spacial score (nSPS) is 18.5. The number of hydrogen-bond acceptors (Lipinski definition) is 1. The van der Waals surface area contributed by atoms with E-state index in [0.717, 1.165) is 12.8 Å². The van der Waals surface area contributed by atoms with Crippen LogP contribution in [0.4, 0.5) is 0 Å². The zero-order chi connectivity index (χ0) is 10.7. The van der Waals surface area contributed by atoms with Crippen LogP contribution in [0.15, 0.2) is 24.3 Å². The highest BCUT2D eigenvalue weighted by Crippen LogP contribution is 2.31. The van der Waals surface area contributed by atoms with Crippen LogP contribution in [0.2, 0.25) is 0 Å². The minimum absolute atomic E-state index is 0.0710. The largest absolute Gasteiger partial charge is 0.393 e. The molecule has 0 aromatic heterocycles. The van der Waals surface area contributed by atoms with Gasteiger partial charge in [0, 0.05) is 0 Å². The van der Waals surface area contributed by atoms with Crippen LogP contribution in [0.3, 0.4) is 0 Å². The van der Waals surface area contributed by atoms with Gasteiger partial charge in [-0.15, -0.1) is 0 Å². The summed E-state index contributed by atoms with van der Waals surface area (Å²) in [5, 5.41) is 9.92. The van der Waals surface area contributed by atoms with E-state index in [2.05, 4.69) is 31.2 Å². The third kappa shape index (κ3) is 2.60. The molecule has 1 saturated carbocycles. The topological polar surface area (TPSA) is 20.2 Å². The summed E-state index contributed by atoms with van der Waals surface area (Å²) in [6, 6.07) is 8.47. The first-order chi connectivity index (χ1) is 7.27. The molecule has 82 valence electrons. The van der Waals surface area contributed by atoms with Crippen LogP contribution in [-0.2, 0) is 6.42 Å². The quantitative estimate of drug-likeness (QED) is 0.799. The van der Waals surface area contributed by atoms with E-state index in [-0.39, 0.29) is 6.10 Å². The lowest BCUT2D eigenvalue weighted by Crippen LogP contribution is -2.27. The van der Waals surface area contributed by atoms with Crippen molar-refractivity contribution in [3.05, 3.63) is 35.4 Å². The van der Waals surface area contributed by atoms with E-state index in [9.17, 15) is 5.11 Å². The first-order valence-electron chi connectivity index (χ1n) is 6.00. The van der Waals surface area contributed by atoms with E-state index in [1.165, 1.54) is 30.4 Å². The lowest BCUT2D eigenvalue weighted by atomic mass is 9.79. The Kier molecular flexibility index (Phi) is 3.42. The molecule has 1 unspecified atom stereocenters. The van der Waals surface area contributed by atoms with Crippen LogP contribution in [0.5, 0.6) is 0 Å². The van der Waals surface area contributed by atoms with Gasteiger partial charge in [-0.3, -0.25) is 0 Å². The Bertz CT molecular complexity index is 315. The van der Waals surface area contributed by atoms with Gasteiger partial charge in [-0.1, -0.05) is 30.7 Å². The molecule has 0 radical (unpaired) electrons. The van der Waals surface area contributed by atoms with Crippen LogP contribution < -0.4 is 0 Å². The molecular weight excluding hydrogens is 184 g/mol. The van der Waals surface area contributed by atoms with Crippen molar-refractivity contribution in [2.24, 2.45) is 5.92 Å². The molecular formula is C14H20O. The molecule has 0 aliphatic heterocycles. The molecule has 1 aromatic rings. The number of aryl methyl sites for hydroxylation is 2. The predicted molar refractivity (Wildman–Crippen MR) is 62.8 cm³/mol. The van der Waals surface area contributed by atoms with Crippen molar-refractivity contribution < 1.29 is 5.11 Å². The number of rotatable bonds is 4. The molecule has 1 fully saturated rings. The fraction of sp³-hybridized carbons (Fsp3) is 0.571. The zero-order valence-electron chi connectivity index (χ0n) is 9.45. The maximum atomic E-state index is 9.92. The molecule has 1 heteroatoms. The molecule has 0 heterocycles. The van der Waals surface area contributed by atoms with E-state index in [4.69, 9.17) is 0 Å². The zero-order valence-corrected chi connectivity index (χ0v) is 9.45. The van der Waals surface area contributed by atoms with Crippen molar-refractivity contribution in [2.75, 3.05) is 0 Å². The molecule has 0 saturated heterocycles. The van der Waals surface area contributed by atoms with Gasteiger partial charge in [-0.25, -0.2) is 0 Å². The Hall–Kier alpha value is -0.820. The minimum Gasteiger partial charge on any atom is -0.393 e. The van der Waals surface area contributed by atoms with E-state index in [1.807, 2.05) is 0 Å². The van der Waals surface area contributed by atoms with Crippen molar-refractivity contribution in [1.82, 2.24) is 0 Å². The summed E-state index contributed by atoms with van der Waals surface area (Å²) in [7, 11) is 0. The second kappa shape index (κ2) is 4.80. The molecule has 1 aliphatic carbocycles. The van der Waals surface area contributed by atoms with Gasteiger partial charge in [0.1, 0.15) is 0 Å². The van der Waals surface area contributed by atoms with Crippen molar-refractivity contribution in [3.63, 3.8) is 0 Å². The number of hydrogen-bond donors (Lipinski definition) is 1. The Balaban J connectivity index is 1.84. The van der Waals surface area contributed by atoms with Gasteiger partial charge in [-0.05, 0) is 49.7 Å². The third-order valence-electron chi connectivity index (χ3n) is 3.66. The smallest absolute Gasteiger partial charge is 0.0571 e. The molecule has 1 atom stereocenters. The maximum absolute atomic E-state index is 9.92. The van der Waals surface area contributed by atoms with Crippen molar-refractivity contribution >= 4 is 0 Å². The second-order valence-corrected chi connectivity index (χ2v) is 4.72. The highest BCUT2D eigenvalue weighted by molar-refractivity contribution is 5.25. The monoisotopic (exact) mass is 204 g/mol. The van der Waals surface area contributed by atoms with Crippen LogP contribution in [0, 0.1) is 12.8 Å². The molecule has 0 spiro atoms. The van der Waals surface area contributed by atoms with E-state index < -0.39 is 0 Å². The first-order valence-corrected chi connectivity index (χ1v) is 6.00. The van der Waals surface area contributed by atoms with Crippen LogP contribution in [0.25, 0.3) is 0 Å². The van der Waals surface area contributed by atoms with Gasteiger partial charge in [0.2, 0.25) is 0 Å². The molecule has 1 aromatic carbocycles. The summed E-state index contributed by atoms with van der Waals surface area (Å²) in [5.74, 6) is 0.592. The van der Waals surface area contributed by atoms with Crippen molar-refractivity contribution in [1.29, 1.82) is 0 Å². The lowest BCUT2D eigenvalue weighted by Gasteiger charge is -2.30.